The minimum Gasteiger partial charge on any atom is -0.392 e. The lowest BCUT2D eigenvalue weighted by Crippen LogP contribution is -2.49. The zero-order valence-corrected chi connectivity index (χ0v) is 11.9. The highest BCUT2D eigenvalue weighted by Crippen LogP contribution is 2.46. The van der Waals surface area contributed by atoms with E-state index in [1.807, 2.05) is 14.1 Å². The monoisotopic (exact) mass is 257 g/mol. The average molecular weight is 257 g/mol. The lowest BCUT2D eigenvalue weighted by Gasteiger charge is -2.27. The van der Waals surface area contributed by atoms with Crippen molar-refractivity contribution in [1.82, 2.24) is 10.2 Å². The Bertz CT molecular complexity index is 311. The number of nitrogens with two attached hydrogens (primary N) is 1. The molecule has 0 bridgehead atoms. The normalized spacial score (nSPS) is 19.2. The number of likely N-dealkylation sites (N-methyl/N-ethyl adjacent to an activating group) is 1. The Morgan fingerprint density at radius 3 is 2.29 bits per heavy atom. The molecule has 3 N–H and O–H groups in total. The van der Waals surface area contributed by atoms with Crippen LogP contribution in [0.4, 0.5) is 0 Å². The summed E-state index contributed by atoms with van der Waals surface area (Å²) in [6.07, 6.45) is 1.59. The molecule has 1 rings (SSSR count). The van der Waals surface area contributed by atoms with E-state index in [1.54, 1.807) is 0 Å². The lowest BCUT2D eigenvalue weighted by atomic mass is 10.0. The van der Waals surface area contributed by atoms with E-state index < -0.39 is 5.41 Å². The Labute approximate surface area is 109 Å². The van der Waals surface area contributed by atoms with Gasteiger partial charge >= 0.3 is 0 Å². The van der Waals surface area contributed by atoms with Gasteiger partial charge in [-0.05, 0) is 32.9 Å². The first-order valence-corrected chi connectivity index (χ1v) is 6.46. The average Bonchev–Trinajstić information content (AvgIpc) is 2.95. The van der Waals surface area contributed by atoms with Gasteiger partial charge in [-0.1, -0.05) is 26.1 Å². The lowest BCUT2D eigenvalue weighted by molar-refractivity contribution is -0.125. The molecule has 17 heavy (non-hydrogen) atoms. The number of nitrogens with one attached hydrogen (secondary N) is 1. The fourth-order valence-electron chi connectivity index (χ4n) is 1.83. The molecule has 1 unspecified atom stereocenters. The van der Waals surface area contributed by atoms with E-state index in [1.165, 1.54) is 0 Å². The van der Waals surface area contributed by atoms with Crippen molar-refractivity contribution in [3.8, 4) is 0 Å². The molecule has 5 heteroatoms. The summed E-state index contributed by atoms with van der Waals surface area (Å²) in [4.78, 5) is 14.6. The van der Waals surface area contributed by atoms with Crippen LogP contribution in [0.15, 0.2) is 0 Å². The van der Waals surface area contributed by atoms with E-state index in [0.29, 0.717) is 10.9 Å². The summed E-state index contributed by atoms with van der Waals surface area (Å²) < 4.78 is 0. The van der Waals surface area contributed by atoms with Crippen LogP contribution in [0.2, 0.25) is 0 Å². The molecule has 0 radical (unpaired) electrons. The number of thiocarbonyl (C=S) groups is 1. The van der Waals surface area contributed by atoms with Gasteiger partial charge < -0.3 is 16.0 Å². The van der Waals surface area contributed by atoms with Crippen molar-refractivity contribution in [1.29, 1.82) is 0 Å². The van der Waals surface area contributed by atoms with E-state index in [2.05, 4.69) is 24.1 Å². The maximum Gasteiger partial charge on any atom is 0.233 e. The predicted octanol–water partition coefficient (Wildman–Crippen LogP) is 0.755. The Kier molecular flexibility index (Phi) is 4.49. The summed E-state index contributed by atoms with van der Waals surface area (Å²) in [5.74, 6) is 0.397. The summed E-state index contributed by atoms with van der Waals surface area (Å²) in [7, 11) is 4.00. The van der Waals surface area contributed by atoms with Crippen molar-refractivity contribution in [3.05, 3.63) is 0 Å². The van der Waals surface area contributed by atoms with Crippen LogP contribution in [0.3, 0.4) is 0 Å². The van der Waals surface area contributed by atoms with Crippen LogP contribution in [-0.2, 0) is 4.79 Å². The molecule has 1 amide bonds. The molecule has 0 heterocycles. The van der Waals surface area contributed by atoms with Gasteiger partial charge in [0.2, 0.25) is 5.91 Å². The molecule has 0 aliphatic heterocycles. The third-order valence-corrected chi connectivity index (χ3v) is 3.73. The second kappa shape index (κ2) is 5.31. The first-order chi connectivity index (χ1) is 7.79. The van der Waals surface area contributed by atoms with E-state index in [4.69, 9.17) is 18.0 Å². The van der Waals surface area contributed by atoms with E-state index in [-0.39, 0.29) is 11.9 Å². The van der Waals surface area contributed by atoms with Crippen LogP contribution in [0.1, 0.15) is 26.7 Å². The second-order valence-electron chi connectivity index (χ2n) is 5.53. The molecule has 1 saturated carbocycles. The van der Waals surface area contributed by atoms with Gasteiger partial charge in [0.05, 0.1) is 10.4 Å². The number of amides is 1. The molecule has 0 saturated heterocycles. The van der Waals surface area contributed by atoms with Crippen LogP contribution in [-0.4, -0.2) is 42.5 Å². The first-order valence-electron chi connectivity index (χ1n) is 6.05. The van der Waals surface area contributed by atoms with Crippen molar-refractivity contribution in [2.45, 2.75) is 32.7 Å². The van der Waals surface area contributed by atoms with Gasteiger partial charge in [-0.2, -0.15) is 0 Å². The highest BCUT2D eigenvalue weighted by Gasteiger charge is 2.53. The quantitative estimate of drug-likeness (QED) is 0.690. The minimum atomic E-state index is -0.547. The van der Waals surface area contributed by atoms with Crippen molar-refractivity contribution >= 4 is 23.1 Å². The van der Waals surface area contributed by atoms with Gasteiger partial charge in [0.25, 0.3) is 0 Å². The molecule has 0 aromatic rings. The summed E-state index contributed by atoms with van der Waals surface area (Å²) in [5.41, 5.74) is 5.10. The van der Waals surface area contributed by atoms with Gasteiger partial charge in [-0.3, -0.25) is 4.79 Å². The molecule has 0 aromatic carbocycles. The summed E-state index contributed by atoms with van der Waals surface area (Å²) in [5, 5.41) is 3.08. The first kappa shape index (κ1) is 14.4. The van der Waals surface area contributed by atoms with Crippen molar-refractivity contribution in [3.63, 3.8) is 0 Å². The standard InChI is InChI=1S/C12H23N3OS/c1-8(2)9(7-15(3)4)14-11(16)12(5-6-12)10(13)17/h8-9H,5-7H2,1-4H3,(H2,13,17)(H,14,16). The topological polar surface area (TPSA) is 58.4 Å². The molecule has 4 nitrogen and oxygen atoms in total. The maximum atomic E-state index is 12.2. The fourth-order valence-corrected chi connectivity index (χ4v) is 2.13. The third-order valence-electron chi connectivity index (χ3n) is 3.34. The number of hydrogen-bond acceptors (Lipinski definition) is 3. The molecule has 0 aromatic heterocycles. The smallest absolute Gasteiger partial charge is 0.233 e. The zero-order chi connectivity index (χ0) is 13.2. The number of carbonyl (C=O) groups excluding carboxylic acids is 1. The minimum absolute atomic E-state index is 0.00514. The van der Waals surface area contributed by atoms with Crippen LogP contribution in [0, 0.1) is 11.3 Å². The molecule has 1 aliphatic rings. The van der Waals surface area contributed by atoms with Crippen LogP contribution >= 0.6 is 12.2 Å². The van der Waals surface area contributed by atoms with Crippen molar-refractivity contribution in [2.24, 2.45) is 17.1 Å². The van der Waals surface area contributed by atoms with Gasteiger partial charge in [0, 0.05) is 12.6 Å². The van der Waals surface area contributed by atoms with Crippen molar-refractivity contribution in [2.75, 3.05) is 20.6 Å². The van der Waals surface area contributed by atoms with Crippen LogP contribution in [0.5, 0.6) is 0 Å². The molecule has 1 aliphatic carbocycles. The SMILES string of the molecule is CC(C)C(CN(C)C)NC(=O)C1(C(N)=S)CC1. The van der Waals surface area contributed by atoms with E-state index >= 15 is 0 Å². The number of carbonyl (C=O) groups is 1. The highest BCUT2D eigenvalue weighted by atomic mass is 32.1. The zero-order valence-electron chi connectivity index (χ0n) is 11.1. The molecule has 1 fully saturated rings. The summed E-state index contributed by atoms with van der Waals surface area (Å²) in [6.45, 7) is 5.04. The van der Waals surface area contributed by atoms with Gasteiger partial charge in [0.15, 0.2) is 0 Å². The highest BCUT2D eigenvalue weighted by molar-refractivity contribution is 7.80. The molecular weight excluding hydrogens is 234 g/mol. The Hall–Kier alpha value is -0.680. The fraction of sp³-hybridized carbons (Fsp3) is 0.833. The summed E-state index contributed by atoms with van der Waals surface area (Å²) in [6, 6.07) is 0.143. The third kappa shape index (κ3) is 3.39. The van der Waals surface area contributed by atoms with Gasteiger partial charge in [0.1, 0.15) is 0 Å². The maximum absolute atomic E-state index is 12.2. The van der Waals surface area contributed by atoms with E-state index in [0.717, 1.165) is 19.4 Å². The Morgan fingerprint density at radius 1 is 1.47 bits per heavy atom. The number of nitrogens with zero attached hydrogens (tertiary/aromatic N) is 1. The number of rotatable bonds is 6. The van der Waals surface area contributed by atoms with Crippen molar-refractivity contribution < 1.29 is 4.79 Å². The Morgan fingerprint density at radius 2 is 2.00 bits per heavy atom. The van der Waals surface area contributed by atoms with E-state index in [9.17, 15) is 4.79 Å². The Balaban J connectivity index is 2.62. The molecule has 0 spiro atoms. The molecular formula is C12H23N3OS. The largest absolute Gasteiger partial charge is 0.392 e. The predicted molar refractivity (Wildman–Crippen MR) is 73.8 cm³/mol. The van der Waals surface area contributed by atoms with Gasteiger partial charge in [-0.15, -0.1) is 0 Å². The second-order valence-corrected chi connectivity index (χ2v) is 5.97. The molecule has 98 valence electrons. The van der Waals surface area contributed by atoms with Gasteiger partial charge in [-0.25, -0.2) is 0 Å². The molecule has 1 atom stereocenters. The number of hydrogen-bond donors (Lipinski definition) is 2. The summed E-state index contributed by atoms with van der Waals surface area (Å²) >= 11 is 4.98. The van der Waals surface area contributed by atoms with Crippen LogP contribution < -0.4 is 11.1 Å². The van der Waals surface area contributed by atoms with Crippen LogP contribution in [0.25, 0.3) is 0 Å².